The molecule has 9 nitrogen and oxygen atoms in total. The second-order valence-electron chi connectivity index (χ2n) is 19.3. The van der Waals surface area contributed by atoms with Gasteiger partial charge >= 0.3 is 17.9 Å². The molecule has 0 aromatic rings. The van der Waals surface area contributed by atoms with Crippen LogP contribution in [0.15, 0.2) is 0 Å². The number of ether oxygens (including phenoxy) is 4. The molecule has 0 amide bonds. The Morgan fingerprint density at radius 1 is 0.857 bits per heavy atom. The average molecular weight is 708 g/mol. The van der Waals surface area contributed by atoms with Crippen LogP contribution in [-0.2, 0) is 33.3 Å². The number of carbonyl (C=O) groups is 3. The fourth-order valence-corrected chi connectivity index (χ4v) is 13.9. The van der Waals surface area contributed by atoms with Crippen molar-refractivity contribution in [2.75, 3.05) is 0 Å². The highest BCUT2D eigenvalue weighted by Gasteiger charge is 2.85. The first kappa shape index (κ1) is 37.3. The highest BCUT2D eigenvalue weighted by atomic mass is 35.5. The highest BCUT2D eigenvalue weighted by Crippen LogP contribution is 2.89. The monoisotopic (exact) mass is 707 g/mol. The lowest BCUT2D eigenvalue weighted by atomic mass is 9.41. The molecule has 5 aliphatic carbocycles. The fourth-order valence-electron chi connectivity index (χ4n) is 13.6. The Kier molecular flexibility index (Phi) is 8.99. The molecule has 10 heteroatoms. The van der Waals surface area contributed by atoms with E-state index in [-0.39, 0.29) is 87.0 Å². The van der Waals surface area contributed by atoms with Gasteiger partial charge in [-0.3, -0.25) is 14.4 Å². The summed E-state index contributed by atoms with van der Waals surface area (Å²) in [4.78, 5) is 41.5. The third kappa shape index (κ3) is 5.35. The molecular formula is C39H62ClNO8. The molecule has 1 heterocycles. The molecular weight excluding hydrogens is 646 g/mol. The van der Waals surface area contributed by atoms with Crippen LogP contribution in [0.1, 0.15) is 134 Å². The Labute approximate surface area is 298 Å². The van der Waals surface area contributed by atoms with E-state index in [1.807, 2.05) is 27.7 Å². The maximum Gasteiger partial charge on any atom is 0.324 e. The summed E-state index contributed by atoms with van der Waals surface area (Å²) in [6.45, 7) is 21.9. The van der Waals surface area contributed by atoms with Crippen LogP contribution in [0.5, 0.6) is 0 Å². The minimum Gasteiger partial charge on any atom is -0.462 e. The number of carbonyl (C=O) groups excluding carboxylic acids is 3. The first-order chi connectivity index (χ1) is 22.5. The minimum absolute atomic E-state index is 0.0180. The summed E-state index contributed by atoms with van der Waals surface area (Å²) in [5.74, 6) is -0.772. The van der Waals surface area contributed by atoms with Gasteiger partial charge in [0.25, 0.3) is 0 Å². The van der Waals surface area contributed by atoms with E-state index in [0.717, 1.165) is 51.4 Å². The average Bonchev–Trinajstić information content (AvgIpc) is 3.30. The first-order valence-electron chi connectivity index (χ1n) is 18.8. The quantitative estimate of drug-likeness (QED) is 0.158. The van der Waals surface area contributed by atoms with Crippen LogP contribution in [-0.4, -0.2) is 64.7 Å². The predicted molar refractivity (Wildman–Crippen MR) is 185 cm³/mol. The Hall–Kier alpha value is -1.42. The molecule has 1 saturated heterocycles. The number of nitrogens with one attached hydrogen (secondary N) is 1. The first-order valence-corrected chi connectivity index (χ1v) is 19.2. The molecule has 0 aromatic heterocycles. The van der Waals surface area contributed by atoms with Crippen LogP contribution in [0.2, 0.25) is 0 Å². The maximum atomic E-state index is 13.8. The maximum absolute atomic E-state index is 13.8. The largest absolute Gasteiger partial charge is 0.462 e. The van der Waals surface area contributed by atoms with Gasteiger partial charge in [0.2, 0.25) is 0 Å². The molecule has 6 fully saturated rings. The summed E-state index contributed by atoms with van der Waals surface area (Å²) in [7, 11) is 0. The molecule has 278 valence electrons. The van der Waals surface area contributed by atoms with Gasteiger partial charge in [0.15, 0.2) is 0 Å². The van der Waals surface area contributed by atoms with Gasteiger partial charge in [-0.2, -0.15) is 0 Å². The van der Waals surface area contributed by atoms with Crippen LogP contribution in [0.4, 0.5) is 0 Å². The van der Waals surface area contributed by atoms with Crippen LogP contribution < -0.4 is 4.84 Å². The molecule has 2 N–H and O–H groups in total. The second kappa shape index (κ2) is 11.8. The number of aliphatic hydroxyl groups is 1. The number of esters is 3. The fraction of sp³-hybridized carbons (Fsp3) is 0.923. The number of fused-ring (bicyclic) bond motifs is 2. The molecule has 2 spiro atoms. The van der Waals surface area contributed by atoms with Crippen molar-refractivity contribution in [1.82, 2.24) is 4.84 Å². The lowest BCUT2D eigenvalue weighted by Crippen LogP contribution is -2.63. The van der Waals surface area contributed by atoms with Crippen LogP contribution in [0.25, 0.3) is 0 Å². The highest BCUT2D eigenvalue weighted by molar-refractivity contribution is 6.14. The van der Waals surface area contributed by atoms with E-state index in [9.17, 15) is 19.5 Å². The van der Waals surface area contributed by atoms with Crippen molar-refractivity contribution < 1.29 is 38.4 Å². The molecule has 6 aliphatic rings. The Morgan fingerprint density at radius 2 is 1.51 bits per heavy atom. The van der Waals surface area contributed by atoms with Crippen LogP contribution in [0.3, 0.4) is 0 Å². The summed E-state index contributed by atoms with van der Waals surface area (Å²) in [5.41, 5.74) is -2.46. The predicted octanol–water partition coefficient (Wildman–Crippen LogP) is 6.90. The van der Waals surface area contributed by atoms with Crippen LogP contribution >= 0.6 is 11.8 Å². The van der Waals surface area contributed by atoms with E-state index in [4.69, 9.17) is 30.7 Å². The molecule has 0 bridgehead atoms. The summed E-state index contributed by atoms with van der Waals surface area (Å²) < 4.78 is 25.8. The smallest absolute Gasteiger partial charge is 0.324 e. The number of hydrogen-bond acceptors (Lipinski definition) is 9. The Morgan fingerprint density at radius 3 is 2.06 bits per heavy atom. The van der Waals surface area contributed by atoms with Gasteiger partial charge in [-0.25, -0.2) is 4.84 Å². The van der Waals surface area contributed by atoms with Gasteiger partial charge < -0.3 is 24.1 Å². The number of hydrogen-bond donors (Lipinski definition) is 2. The molecule has 49 heavy (non-hydrogen) atoms. The van der Waals surface area contributed by atoms with E-state index in [0.29, 0.717) is 6.42 Å². The van der Waals surface area contributed by atoms with E-state index >= 15 is 0 Å². The van der Waals surface area contributed by atoms with Gasteiger partial charge in [0.1, 0.15) is 24.4 Å². The molecule has 6 rings (SSSR count). The number of halogens is 1. The van der Waals surface area contributed by atoms with E-state index in [1.54, 1.807) is 0 Å². The normalized spacial score (nSPS) is 47.3. The summed E-state index contributed by atoms with van der Waals surface area (Å²) >= 11 is 6.11. The zero-order valence-electron chi connectivity index (χ0n) is 31.7. The standard InChI is InChI=1S/C39H62ClNO8/c1-21(2)29(41-40)32(44)48-25-19-36(10)26-18-24(46-22(3)42)30-33(5,6)27(47-23(4)43)13-15-39(30)20-38(26,39)17-16-35(36,9)31(25)37(11)14-12-28(49-37)34(7,8)45/h21,24-31,41,45H,12-20H2,1-11H3/t24-,25-,26?,27-,28-,29+,30-,31-,35+,36-,37+,38?,39+/m0/s1. The molecule has 5 saturated carbocycles. The van der Waals surface area contributed by atoms with Gasteiger partial charge in [-0.05, 0) is 124 Å². The van der Waals surface area contributed by atoms with Crippen molar-refractivity contribution in [3.63, 3.8) is 0 Å². The van der Waals surface area contributed by atoms with Crippen molar-refractivity contribution in [3.05, 3.63) is 0 Å². The van der Waals surface area contributed by atoms with Gasteiger partial charge in [0.05, 0.1) is 17.3 Å². The van der Waals surface area contributed by atoms with Crippen molar-refractivity contribution in [2.45, 2.75) is 176 Å². The zero-order valence-corrected chi connectivity index (χ0v) is 32.5. The minimum atomic E-state index is -0.998. The molecule has 0 aromatic carbocycles. The molecule has 2 unspecified atom stereocenters. The molecule has 13 atom stereocenters. The SMILES string of the molecule is CC(=O)O[C@H]1CC2C3(CC[C@]4(C)[C@@H]([C@@]5(C)CC[C@@H](C(C)(C)O)O5)[C@@H](OC(=O)[C@H](NCl)C(C)C)C[C@@]24C)C[C@@]32CC[C@H](OC(C)=O)C(C)(C)[C@H]12. The van der Waals surface area contributed by atoms with Gasteiger partial charge in [0, 0.05) is 31.1 Å². The Balaban J connectivity index is 1.42. The lowest BCUT2D eigenvalue weighted by Gasteiger charge is -2.64. The van der Waals surface area contributed by atoms with Crippen molar-refractivity contribution >= 4 is 29.7 Å². The lowest BCUT2D eigenvalue weighted by molar-refractivity contribution is -0.224. The second-order valence-corrected chi connectivity index (χ2v) is 19.5. The van der Waals surface area contributed by atoms with Gasteiger partial charge in [-0.1, -0.05) is 41.5 Å². The van der Waals surface area contributed by atoms with Crippen molar-refractivity contribution in [2.24, 2.45) is 50.7 Å². The summed E-state index contributed by atoms with van der Waals surface area (Å²) in [6.07, 6.45) is 6.44. The van der Waals surface area contributed by atoms with E-state index in [2.05, 4.69) is 39.5 Å². The number of rotatable bonds is 8. The summed E-state index contributed by atoms with van der Waals surface area (Å²) in [6, 6.07) is -0.650. The third-order valence-electron chi connectivity index (χ3n) is 15.6. The van der Waals surface area contributed by atoms with Gasteiger partial charge in [-0.15, -0.1) is 0 Å². The third-order valence-corrected chi connectivity index (χ3v) is 15.9. The zero-order chi connectivity index (χ0) is 36.3. The van der Waals surface area contributed by atoms with Crippen LogP contribution in [0, 0.1) is 50.7 Å². The molecule has 0 radical (unpaired) electrons. The molecule has 1 aliphatic heterocycles. The van der Waals surface area contributed by atoms with E-state index < -0.39 is 23.3 Å². The Bertz CT molecular complexity index is 1360. The van der Waals surface area contributed by atoms with Crippen molar-refractivity contribution in [3.8, 4) is 0 Å². The van der Waals surface area contributed by atoms with E-state index in [1.165, 1.54) is 13.8 Å². The topological polar surface area (TPSA) is 120 Å². The van der Waals surface area contributed by atoms with Crippen molar-refractivity contribution in [1.29, 1.82) is 0 Å². The summed E-state index contributed by atoms with van der Waals surface area (Å²) in [5, 5.41) is 11.0.